The van der Waals surface area contributed by atoms with E-state index in [1.807, 2.05) is 35.2 Å². The van der Waals surface area contributed by atoms with Gasteiger partial charge in [0.2, 0.25) is 5.91 Å². The van der Waals surface area contributed by atoms with Gasteiger partial charge in [0, 0.05) is 24.2 Å². The van der Waals surface area contributed by atoms with E-state index >= 15 is 0 Å². The number of amides is 2. The molecule has 1 aliphatic heterocycles. The second-order valence-corrected chi connectivity index (χ2v) is 8.06. The molecule has 1 aliphatic rings. The molecule has 0 bridgehead atoms. The van der Waals surface area contributed by atoms with Gasteiger partial charge in [-0.3, -0.25) is 14.4 Å². The number of nitrogens with zero attached hydrogens (tertiary/aromatic N) is 1. The molecule has 1 heterocycles. The molecule has 1 unspecified atom stereocenters. The van der Waals surface area contributed by atoms with Crippen LogP contribution < -0.4 is 5.32 Å². The smallest absolute Gasteiger partial charge is 0.309 e. The molecular formula is C23H26N2O4. The van der Waals surface area contributed by atoms with Crippen LogP contribution in [0.1, 0.15) is 55.1 Å². The molecular weight excluding hydrogens is 368 g/mol. The summed E-state index contributed by atoms with van der Waals surface area (Å²) in [4.78, 5) is 38.2. The fraction of sp³-hybridized carbons (Fsp3) is 0.348. The highest BCUT2D eigenvalue weighted by molar-refractivity contribution is 5.97. The van der Waals surface area contributed by atoms with Crippen LogP contribution in [0.5, 0.6) is 0 Å². The number of carboxylic acid groups (broad SMARTS) is 1. The fourth-order valence-electron chi connectivity index (χ4n) is 3.58. The van der Waals surface area contributed by atoms with Gasteiger partial charge in [0.15, 0.2) is 0 Å². The molecule has 1 fully saturated rings. The Bertz CT molecular complexity index is 891. The van der Waals surface area contributed by atoms with Gasteiger partial charge in [-0.15, -0.1) is 0 Å². The number of likely N-dealkylation sites (tertiary alicyclic amines) is 1. The molecule has 0 radical (unpaired) electrons. The Morgan fingerprint density at radius 3 is 2.34 bits per heavy atom. The molecule has 3 rings (SSSR count). The summed E-state index contributed by atoms with van der Waals surface area (Å²) in [5.74, 6) is -1.42. The maximum absolute atomic E-state index is 13.0. The zero-order valence-corrected chi connectivity index (χ0v) is 16.7. The summed E-state index contributed by atoms with van der Waals surface area (Å²) < 4.78 is 0. The minimum atomic E-state index is -1.14. The first-order valence-electron chi connectivity index (χ1n) is 9.77. The first-order valence-corrected chi connectivity index (χ1v) is 9.77. The average Bonchev–Trinajstić information content (AvgIpc) is 3.18. The van der Waals surface area contributed by atoms with Gasteiger partial charge in [-0.05, 0) is 56.5 Å². The Kier molecular flexibility index (Phi) is 6.01. The first-order chi connectivity index (χ1) is 13.8. The Balaban J connectivity index is 1.66. The van der Waals surface area contributed by atoms with Gasteiger partial charge in [-0.25, -0.2) is 0 Å². The van der Waals surface area contributed by atoms with E-state index in [1.165, 1.54) is 13.8 Å². The molecule has 1 atom stereocenters. The number of rotatable bonds is 6. The van der Waals surface area contributed by atoms with E-state index in [0.29, 0.717) is 11.3 Å². The lowest BCUT2D eigenvalue weighted by Crippen LogP contribution is -2.30. The van der Waals surface area contributed by atoms with Crippen LogP contribution in [0.3, 0.4) is 0 Å². The maximum atomic E-state index is 13.0. The monoisotopic (exact) mass is 394 g/mol. The van der Waals surface area contributed by atoms with Crippen molar-refractivity contribution < 1.29 is 19.5 Å². The largest absolute Gasteiger partial charge is 0.481 e. The van der Waals surface area contributed by atoms with Crippen molar-refractivity contribution in [2.45, 2.75) is 39.2 Å². The summed E-state index contributed by atoms with van der Waals surface area (Å²) in [6, 6.07) is 16.9. The van der Waals surface area contributed by atoms with Crippen LogP contribution in [0.25, 0.3) is 0 Å². The molecule has 0 saturated carbocycles. The molecule has 1 saturated heterocycles. The first kappa shape index (κ1) is 20.6. The highest BCUT2D eigenvalue weighted by Crippen LogP contribution is 2.33. The number of anilines is 1. The standard InChI is InChI=1S/C23H26N2O4/c1-23(2,22(28)29)15-20(26)24-18-12-10-17(11-13-18)21(27)25-14-6-9-19(25)16-7-4-3-5-8-16/h3-5,7-8,10-13,19H,6,9,14-15H2,1-2H3,(H,24,26)(H,28,29). The maximum Gasteiger partial charge on any atom is 0.309 e. The molecule has 152 valence electrons. The van der Waals surface area contributed by atoms with E-state index in [2.05, 4.69) is 5.32 Å². The number of carboxylic acids is 1. The van der Waals surface area contributed by atoms with Gasteiger partial charge in [0.05, 0.1) is 11.5 Å². The summed E-state index contributed by atoms with van der Waals surface area (Å²) in [5.41, 5.74) is 1.11. The van der Waals surface area contributed by atoms with Crippen LogP contribution in [-0.2, 0) is 9.59 Å². The lowest BCUT2D eigenvalue weighted by Gasteiger charge is -2.25. The van der Waals surface area contributed by atoms with Crippen molar-refractivity contribution in [3.05, 3.63) is 65.7 Å². The molecule has 0 spiro atoms. The quantitative estimate of drug-likeness (QED) is 0.772. The predicted molar refractivity (Wildman–Crippen MR) is 111 cm³/mol. The molecule has 6 heteroatoms. The number of hydrogen-bond acceptors (Lipinski definition) is 3. The Hall–Kier alpha value is -3.15. The van der Waals surface area contributed by atoms with Gasteiger partial charge in [-0.2, -0.15) is 0 Å². The Labute approximate surface area is 170 Å². The summed E-state index contributed by atoms with van der Waals surface area (Å²) in [6.07, 6.45) is 1.79. The molecule has 2 N–H and O–H groups in total. The highest BCUT2D eigenvalue weighted by atomic mass is 16.4. The van der Waals surface area contributed by atoms with E-state index in [4.69, 9.17) is 5.11 Å². The van der Waals surface area contributed by atoms with Crippen LogP contribution >= 0.6 is 0 Å². The van der Waals surface area contributed by atoms with Crippen LogP contribution in [0.15, 0.2) is 54.6 Å². The van der Waals surface area contributed by atoms with E-state index in [9.17, 15) is 14.4 Å². The van der Waals surface area contributed by atoms with Crippen molar-refractivity contribution in [3.63, 3.8) is 0 Å². The van der Waals surface area contributed by atoms with Crippen molar-refractivity contribution in [2.24, 2.45) is 5.41 Å². The number of nitrogens with one attached hydrogen (secondary N) is 1. The molecule has 2 aromatic rings. The summed E-state index contributed by atoms with van der Waals surface area (Å²) in [5, 5.41) is 11.8. The van der Waals surface area contributed by atoms with Crippen molar-refractivity contribution in [2.75, 3.05) is 11.9 Å². The third-order valence-electron chi connectivity index (χ3n) is 5.30. The van der Waals surface area contributed by atoms with Gasteiger partial charge >= 0.3 is 5.97 Å². The number of carbonyl (C=O) groups is 3. The van der Waals surface area contributed by atoms with Crippen LogP contribution in [0, 0.1) is 5.41 Å². The third kappa shape index (κ3) is 4.83. The Morgan fingerprint density at radius 2 is 1.72 bits per heavy atom. The third-order valence-corrected chi connectivity index (χ3v) is 5.30. The Morgan fingerprint density at radius 1 is 1.07 bits per heavy atom. The number of hydrogen-bond donors (Lipinski definition) is 2. The van der Waals surface area contributed by atoms with E-state index in [0.717, 1.165) is 24.9 Å². The predicted octanol–water partition coefficient (Wildman–Crippen LogP) is 4.10. The minimum Gasteiger partial charge on any atom is -0.481 e. The number of benzene rings is 2. The van der Waals surface area contributed by atoms with E-state index in [-0.39, 0.29) is 24.3 Å². The minimum absolute atomic E-state index is 0.0266. The SMILES string of the molecule is CC(C)(CC(=O)Nc1ccc(C(=O)N2CCCC2c2ccccc2)cc1)C(=O)O. The number of carbonyl (C=O) groups excluding carboxylic acids is 2. The van der Waals surface area contributed by atoms with Crippen LogP contribution in [0.2, 0.25) is 0 Å². The molecule has 0 aromatic heterocycles. The number of aliphatic carboxylic acids is 1. The van der Waals surface area contributed by atoms with E-state index in [1.54, 1.807) is 24.3 Å². The summed E-state index contributed by atoms with van der Waals surface area (Å²) >= 11 is 0. The topological polar surface area (TPSA) is 86.7 Å². The highest BCUT2D eigenvalue weighted by Gasteiger charge is 2.31. The van der Waals surface area contributed by atoms with Crippen LogP contribution in [0.4, 0.5) is 5.69 Å². The summed E-state index contributed by atoms with van der Waals surface area (Å²) in [6.45, 7) is 3.74. The molecule has 29 heavy (non-hydrogen) atoms. The van der Waals surface area contributed by atoms with Gasteiger partial charge < -0.3 is 15.3 Å². The molecule has 6 nitrogen and oxygen atoms in total. The van der Waals surface area contributed by atoms with Crippen molar-refractivity contribution in [1.29, 1.82) is 0 Å². The van der Waals surface area contributed by atoms with Crippen molar-refractivity contribution in [3.8, 4) is 0 Å². The average molecular weight is 394 g/mol. The van der Waals surface area contributed by atoms with Crippen molar-refractivity contribution in [1.82, 2.24) is 4.90 Å². The van der Waals surface area contributed by atoms with E-state index < -0.39 is 11.4 Å². The van der Waals surface area contributed by atoms with Gasteiger partial charge in [-0.1, -0.05) is 30.3 Å². The van der Waals surface area contributed by atoms with Gasteiger partial charge in [0.1, 0.15) is 0 Å². The lowest BCUT2D eigenvalue weighted by atomic mass is 9.89. The normalized spacial score (nSPS) is 16.5. The zero-order chi connectivity index (χ0) is 21.0. The molecule has 2 aromatic carbocycles. The second-order valence-electron chi connectivity index (χ2n) is 8.06. The molecule has 2 amide bonds. The second kappa shape index (κ2) is 8.47. The fourth-order valence-corrected chi connectivity index (χ4v) is 3.58. The van der Waals surface area contributed by atoms with Crippen LogP contribution in [-0.4, -0.2) is 34.3 Å². The lowest BCUT2D eigenvalue weighted by molar-refractivity contribution is -0.148. The zero-order valence-electron chi connectivity index (χ0n) is 16.7. The summed E-state index contributed by atoms with van der Waals surface area (Å²) in [7, 11) is 0. The van der Waals surface area contributed by atoms with Crippen molar-refractivity contribution >= 4 is 23.5 Å². The van der Waals surface area contributed by atoms with Gasteiger partial charge in [0.25, 0.3) is 5.91 Å². The molecule has 0 aliphatic carbocycles.